The van der Waals surface area contributed by atoms with Crippen LogP contribution in [0.2, 0.25) is 0 Å². The Hall–Kier alpha value is 0.777. The second-order valence-corrected chi connectivity index (χ2v) is 9.01. The molecule has 19 heavy (non-hydrogen) atoms. The minimum atomic E-state index is -2.59. The van der Waals surface area contributed by atoms with E-state index in [4.69, 9.17) is 13.3 Å². The average Bonchev–Trinajstić information content (AvgIpc) is 2.28. The first kappa shape index (κ1) is 17.8. The van der Waals surface area contributed by atoms with E-state index in [1.165, 1.54) is 12.7 Å². The Morgan fingerprint density at radius 2 is 1.26 bits per heavy atom. The van der Waals surface area contributed by atoms with E-state index in [1.807, 2.05) is 20.8 Å². The van der Waals surface area contributed by atoms with Crippen molar-refractivity contribution in [3.8, 4) is 0 Å². The van der Waals surface area contributed by atoms with Crippen LogP contribution in [-0.2, 0) is 19.3 Å². The summed E-state index contributed by atoms with van der Waals surface area (Å²) in [5.41, 5.74) is 1.22. The molecule has 0 amide bonds. The summed E-state index contributed by atoms with van der Waals surface area (Å²) in [6.45, 7) is 7.81. The van der Waals surface area contributed by atoms with Gasteiger partial charge in [0, 0.05) is 33.0 Å². The summed E-state index contributed by atoms with van der Waals surface area (Å²) in [6.07, 6.45) is 0. The molecule has 6 heteroatoms. The number of rotatable bonds is 8. The largest absolute Gasteiger partial charge is 0.505 e. The predicted molar refractivity (Wildman–Crippen MR) is 96.2 cm³/mol. The van der Waals surface area contributed by atoms with Crippen molar-refractivity contribution >= 4 is 54.0 Å². The van der Waals surface area contributed by atoms with Gasteiger partial charge in [-0.1, -0.05) is 0 Å². The molecule has 3 nitrogen and oxygen atoms in total. The lowest BCUT2D eigenvalue weighted by molar-refractivity contribution is 0.0704. The van der Waals surface area contributed by atoms with Crippen molar-refractivity contribution < 1.29 is 13.3 Å². The van der Waals surface area contributed by atoms with Crippen LogP contribution < -0.4 is 0 Å². The maximum absolute atomic E-state index is 5.88. The first-order valence-electron chi connectivity index (χ1n) is 6.42. The first-order chi connectivity index (χ1) is 9.05. The third-order valence-electron chi connectivity index (χ3n) is 2.44. The van der Waals surface area contributed by atoms with Crippen LogP contribution in [0.5, 0.6) is 0 Å². The van der Waals surface area contributed by atoms with Gasteiger partial charge < -0.3 is 13.3 Å². The zero-order chi connectivity index (χ0) is 14.3. The van der Waals surface area contributed by atoms with Crippen LogP contribution in [0.3, 0.4) is 0 Å². The summed E-state index contributed by atoms with van der Waals surface area (Å²) in [5.74, 6) is 0. The van der Waals surface area contributed by atoms with Gasteiger partial charge in [0.1, 0.15) is 0 Å². The molecule has 0 atom stereocenters. The molecule has 1 aromatic carbocycles. The van der Waals surface area contributed by atoms with Crippen LogP contribution in [0.15, 0.2) is 18.2 Å². The molecule has 0 unspecified atom stereocenters. The van der Waals surface area contributed by atoms with Crippen molar-refractivity contribution in [3.05, 3.63) is 30.9 Å². The fourth-order valence-electron chi connectivity index (χ4n) is 1.90. The van der Waals surface area contributed by atoms with Gasteiger partial charge in [-0.25, -0.2) is 0 Å². The lowest BCUT2D eigenvalue weighted by Gasteiger charge is -2.28. The van der Waals surface area contributed by atoms with Crippen molar-refractivity contribution in [1.29, 1.82) is 0 Å². The molecule has 0 aliphatic rings. The lowest BCUT2D eigenvalue weighted by Crippen LogP contribution is -2.48. The average molecular weight is 506 g/mol. The number of benzene rings is 1. The molecule has 0 saturated heterocycles. The van der Waals surface area contributed by atoms with E-state index in [1.54, 1.807) is 0 Å². The highest BCUT2D eigenvalue weighted by Gasteiger charge is 2.40. The van der Waals surface area contributed by atoms with Gasteiger partial charge in [-0.05, 0) is 89.7 Å². The third kappa shape index (κ3) is 5.96. The van der Waals surface area contributed by atoms with Crippen LogP contribution in [0.1, 0.15) is 26.3 Å². The van der Waals surface area contributed by atoms with Gasteiger partial charge in [0.25, 0.3) is 0 Å². The Kier molecular flexibility index (Phi) is 8.38. The summed E-state index contributed by atoms with van der Waals surface area (Å²) >= 11 is 4.67. The van der Waals surface area contributed by atoms with Crippen LogP contribution in [0.4, 0.5) is 0 Å². The molecule has 0 heterocycles. The van der Waals surface area contributed by atoms with Gasteiger partial charge in [0.2, 0.25) is 0 Å². The fourth-order valence-corrected chi connectivity index (χ4v) is 6.55. The Balaban J connectivity index is 2.96. The minimum Gasteiger partial charge on any atom is -0.374 e. The molecule has 0 fully saturated rings. The zero-order valence-corrected chi connectivity index (χ0v) is 16.9. The Morgan fingerprint density at radius 1 is 0.842 bits per heavy atom. The fraction of sp³-hybridized carbons (Fsp3) is 0.538. The summed E-state index contributed by atoms with van der Waals surface area (Å²) in [5, 5.41) is 0. The van der Waals surface area contributed by atoms with E-state index < -0.39 is 8.80 Å². The molecule has 0 spiro atoms. The summed E-state index contributed by atoms with van der Waals surface area (Å²) in [4.78, 5) is 0. The predicted octanol–water partition coefficient (Wildman–Crippen LogP) is 4.03. The lowest BCUT2D eigenvalue weighted by atomic mass is 10.2. The number of hydrogen-bond acceptors (Lipinski definition) is 3. The van der Waals surface area contributed by atoms with Gasteiger partial charge >= 0.3 is 8.80 Å². The van der Waals surface area contributed by atoms with E-state index in [0.717, 1.165) is 6.04 Å². The van der Waals surface area contributed by atoms with Crippen molar-refractivity contribution in [1.82, 2.24) is 0 Å². The number of halogens is 2. The molecule has 0 radical (unpaired) electrons. The smallest absolute Gasteiger partial charge is 0.374 e. The molecule has 0 bridgehead atoms. The molecule has 108 valence electrons. The van der Waals surface area contributed by atoms with Crippen LogP contribution >= 0.6 is 45.2 Å². The molecule has 1 aromatic rings. The topological polar surface area (TPSA) is 27.7 Å². The SMILES string of the molecule is CCO[Si](Cc1cc(I)cc(I)c1)(OCC)OCC. The summed E-state index contributed by atoms with van der Waals surface area (Å²) in [6, 6.07) is 7.22. The standard InChI is InChI=1S/C13H20I2O3Si/c1-4-16-19(17-5-2,18-6-3)10-11-7-12(14)9-13(15)8-11/h7-9H,4-6,10H2,1-3H3. The Labute approximate surface area is 144 Å². The zero-order valence-electron chi connectivity index (χ0n) is 11.5. The molecule has 0 saturated carbocycles. The van der Waals surface area contributed by atoms with Gasteiger partial charge in [-0.2, -0.15) is 0 Å². The molecule has 0 aromatic heterocycles. The van der Waals surface area contributed by atoms with E-state index in [-0.39, 0.29) is 0 Å². The summed E-state index contributed by atoms with van der Waals surface area (Å²) in [7, 11) is -2.59. The van der Waals surface area contributed by atoms with Crippen molar-refractivity contribution in [2.45, 2.75) is 26.8 Å². The summed E-state index contributed by atoms with van der Waals surface area (Å²) < 4.78 is 20.1. The molecule has 1 rings (SSSR count). The normalized spacial score (nSPS) is 11.8. The highest BCUT2D eigenvalue weighted by molar-refractivity contribution is 14.1. The van der Waals surface area contributed by atoms with E-state index in [0.29, 0.717) is 19.8 Å². The molecule has 0 aliphatic heterocycles. The van der Waals surface area contributed by atoms with E-state index >= 15 is 0 Å². The van der Waals surface area contributed by atoms with Gasteiger partial charge in [0.05, 0.1) is 0 Å². The Bertz CT molecular complexity index is 364. The van der Waals surface area contributed by atoms with Crippen molar-refractivity contribution in [2.75, 3.05) is 19.8 Å². The van der Waals surface area contributed by atoms with Crippen molar-refractivity contribution in [2.24, 2.45) is 0 Å². The van der Waals surface area contributed by atoms with Gasteiger partial charge in [-0.3, -0.25) is 0 Å². The maximum Gasteiger partial charge on any atom is 0.505 e. The maximum atomic E-state index is 5.88. The van der Waals surface area contributed by atoms with Crippen LogP contribution in [0.25, 0.3) is 0 Å². The van der Waals surface area contributed by atoms with Crippen LogP contribution in [0, 0.1) is 7.14 Å². The highest BCUT2D eigenvalue weighted by Crippen LogP contribution is 2.21. The first-order valence-corrected chi connectivity index (χ1v) is 10.5. The minimum absolute atomic E-state index is 0.618. The monoisotopic (exact) mass is 506 g/mol. The Morgan fingerprint density at radius 3 is 1.63 bits per heavy atom. The second kappa shape index (κ2) is 8.93. The number of hydrogen-bond donors (Lipinski definition) is 0. The third-order valence-corrected chi connectivity index (χ3v) is 6.71. The molecule has 0 aliphatic carbocycles. The quantitative estimate of drug-likeness (QED) is 0.394. The molecular formula is C13H20I2O3Si. The molecular weight excluding hydrogens is 486 g/mol. The van der Waals surface area contributed by atoms with E-state index in [2.05, 4.69) is 63.4 Å². The second-order valence-electron chi connectivity index (χ2n) is 3.94. The van der Waals surface area contributed by atoms with E-state index in [9.17, 15) is 0 Å². The van der Waals surface area contributed by atoms with Gasteiger partial charge in [-0.15, -0.1) is 0 Å². The van der Waals surface area contributed by atoms with Gasteiger partial charge in [0.15, 0.2) is 0 Å². The highest BCUT2D eigenvalue weighted by atomic mass is 127. The molecule has 0 N–H and O–H groups in total. The van der Waals surface area contributed by atoms with Crippen molar-refractivity contribution in [3.63, 3.8) is 0 Å². The van der Waals surface area contributed by atoms with Crippen LogP contribution in [-0.4, -0.2) is 28.6 Å².